The second kappa shape index (κ2) is 5.72. The van der Waals surface area contributed by atoms with Crippen molar-refractivity contribution < 1.29 is 0 Å². The van der Waals surface area contributed by atoms with Crippen molar-refractivity contribution in [2.45, 2.75) is 46.1 Å². The molecule has 0 saturated carbocycles. The van der Waals surface area contributed by atoms with E-state index < -0.39 is 0 Å². The summed E-state index contributed by atoms with van der Waals surface area (Å²) in [4.78, 5) is 2.66. The molecule has 0 radical (unpaired) electrons. The first-order valence-corrected chi connectivity index (χ1v) is 6.09. The molecule has 1 saturated heterocycles. The monoisotopic (exact) mass is 198 g/mol. The molecule has 0 aromatic carbocycles. The van der Waals surface area contributed by atoms with E-state index in [1.54, 1.807) is 0 Å². The van der Waals surface area contributed by atoms with Crippen LogP contribution in [0.2, 0.25) is 0 Å². The number of nitrogens with two attached hydrogens (primary N) is 1. The van der Waals surface area contributed by atoms with Gasteiger partial charge in [0.15, 0.2) is 0 Å². The summed E-state index contributed by atoms with van der Waals surface area (Å²) in [6.07, 6.45) is 4.05. The van der Waals surface area contributed by atoms with Gasteiger partial charge in [0.1, 0.15) is 0 Å². The van der Waals surface area contributed by atoms with Gasteiger partial charge in [-0.25, -0.2) is 0 Å². The first-order chi connectivity index (χ1) is 6.65. The minimum absolute atomic E-state index is 0.684. The first-order valence-electron chi connectivity index (χ1n) is 6.09. The summed E-state index contributed by atoms with van der Waals surface area (Å²) in [5.74, 6) is 1.49. The molecular formula is C12H26N2. The number of hydrogen-bond donors (Lipinski definition) is 1. The predicted octanol–water partition coefficient (Wildman–Crippen LogP) is 2.09. The summed E-state index contributed by atoms with van der Waals surface area (Å²) in [5, 5.41) is 0. The molecule has 2 heteroatoms. The van der Waals surface area contributed by atoms with Gasteiger partial charge in [-0.15, -0.1) is 0 Å². The molecule has 0 spiro atoms. The molecular weight excluding hydrogens is 172 g/mol. The van der Waals surface area contributed by atoms with Crippen LogP contribution >= 0.6 is 0 Å². The molecule has 2 unspecified atom stereocenters. The average molecular weight is 198 g/mol. The van der Waals surface area contributed by atoms with Crippen molar-refractivity contribution in [1.82, 2.24) is 4.90 Å². The Bertz CT molecular complexity index is 156. The van der Waals surface area contributed by atoms with Crippen LogP contribution in [0.4, 0.5) is 0 Å². The van der Waals surface area contributed by atoms with Crippen LogP contribution in [-0.2, 0) is 0 Å². The maximum absolute atomic E-state index is 5.63. The number of nitrogens with zero attached hydrogens (tertiary/aromatic N) is 1. The predicted molar refractivity (Wildman–Crippen MR) is 62.3 cm³/mol. The lowest BCUT2D eigenvalue weighted by atomic mass is 10.0. The smallest absolute Gasteiger partial charge is 0.0119 e. The van der Waals surface area contributed by atoms with Gasteiger partial charge in [-0.05, 0) is 50.7 Å². The average Bonchev–Trinajstić information content (AvgIpc) is 2.62. The highest BCUT2D eigenvalue weighted by atomic mass is 15.2. The van der Waals surface area contributed by atoms with E-state index in [4.69, 9.17) is 5.73 Å². The summed E-state index contributed by atoms with van der Waals surface area (Å²) in [6.45, 7) is 10.3. The number of rotatable bonds is 5. The van der Waals surface area contributed by atoms with E-state index in [1.807, 2.05) is 0 Å². The van der Waals surface area contributed by atoms with Crippen LogP contribution in [0.5, 0.6) is 0 Å². The van der Waals surface area contributed by atoms with Gasteiger partial charge >= 0.3 is 0 Å². The van der Waals surface area contributed by atoms with Gasteiger partial charge in [-0.1, -0.05) is 20.8 Å². The van der Waals surface area contributed by atoms with Crippen molar-refractivity contribution in [3.05, 3.63) is 0 Å². The summed E-state index contributed by atoms with van der Waals surface area (Å²) >= 11 is 0. The molecule has 2 nitrogen and oxygen atoms in total. The Balaban J connectivity index is 2.29. The van der Waals surface area contributed by atoms with Crippen molar-refractivity contribution in [2.24, 2.45) is 17.6 Å². The lowest BCUT2D eigenvalue weighted by Gasteiger charge is -2.28. The fourth-order valence-electron chi connectivity index (χ4n) is 2.39. The van der Waals surface area contributed by atoms with E-state index in [0.29, 0.717) is 5.92 Å². The van der Waals surface area contributed by atoms with Gasteiger partial charge in [-0.2, -0.15) is 0 Å². The van der Waals surface area contributed by atoms with Gasteiger partial charge < -0.3 is 10.6 Å². The van der Waals surface area contributed by atoms with Crippen LogP contribution in [0.25, 0.3) is 0 Å². The molecule has 0 bridgehead atoms. The number of hydrogen-bond acceptors (Lipinski definition) is 2. The molecule has 1 aliphatic rings. The first kappa shape index (κ1) is 12.0. The Morgan fingerprint density at radius 2 is 2.07 bits per heavy atom. The molecule has 1 aliphatic heterocycles. The second-order valence-electron chi connectivity index (χ2n) is 5.12. The summed E-state index contributed by atoms with van der Waals surface area (Å²) in [7, 11) is 0. The molecule has 1 fully saturated rings. The van der Waals surface area contributed by atoms with Crippen LogP contribution < -0.4 is 5.73 Å². The molecule has 2 N–H and O–H groups in total. The second-order valence-corrected chi connectivity index (χ2v) is 5.12. The van der Waals surface area contributed by atoms with Crippen LogP contribution in [0.1, 0.15) is 40.0 Å². The van der Waals surface area contributed by atoms with Crippen LogP contribution in [0, 0.1) is 11.8 Å². The molecule has 1 heterocycles. The van der Waals surface area contributed by atoms with Crippen LogP contribution in [0.3, 0.4) is 0 Å². The molecule has 0 aliphatic carbocycles. The third-order valence-electron chi connectivity index (χ3n) is 3.50. The highest BCUT2D eigenvalue weighted by Gasteiger charge is 2.26. The third-order valence-corrected chi connectivity index (χ3v) is 3.50. The minimum Gasteiger partial charge on any atom is -0.330 e. The van der Waals surface area contributed by atoms with Gasteiger partial charge in [0, 0.05) is 6.04 Å². The number of likely N-dealkylation sites (tertiary alicyclic amines) is 1. The van der Waals surface area contributed by atoms with E-state index >= 15 is 0 Å². The zero-order valence-electron chi connectivity index (χ0n) is 10.00. The Morgan fingerprint density at radius 3 is 2.64 bits per heavy atom. The van der Waals surface area contributed by atoms with Gasteiger partial charge in [0.05, 0.1) is 0 Å². The molecule has 1 rings (SSSR count). The maximum atomic E-state index is 5.63. The van der Waals surface area contributed by atoms with E-state index in [-0.39, 0.29) is 0 Å². The highest BCUT2D eigenvalue weighted by Crippen LogP contribution is 2.24. The fourth-order valence-corrected chi connectivity index (χ4v) is 2.39. The lowest BCUT2D eigenvalue weighted by Crippen LogP contribution is -2.35. The SMILES string of the molecule is CC(CN)CCN1CCCC1C(C)C. The zero-order valence-corrected chi connectivity index (χ0v) is 10.00. The Morgan fingerprint density at radius 1 is 1.36 bits per heavy atom. The van der Waals surface area contributed by atoms with Crippen molar-refractivity contribution >= 4 is 0 Å². The van der Waals surface area contributed by atoms with E-state index in [2.05, 4.69) is 25.7 Å². The van der Waals surface area contributed by atoms with Crippen LogP contribution in [-0.4, -0.2) is 30.6 Å². The van der Waals surface area contributed by atoms with E-state index in [9.17, 15) is 0 Å². The minimum atomic E-state index is 0.684. The van der Waals surface area contributed by atoms with Crippen molar-refractivity contribution in [1.29, 1.82) is 0 Å². The quantitative estimate of drug-likeness (QED) is 0.733. The molecule has 84 valence electrons. The summed E-state index contributed by atoms with van der Waals surface area (Å²) in [5.41, 5.74) is 5.63. The standard InChI is InChI=1S/C12H26N2/c1-10(2)12-5-4-7-14(12)8-6-11(3)9-13/h10-12H,4-9,13H2,1-3H3. The zero-order chi connectivity index (χ0) is 10.6. The van der Waals surface area contributed by atoms with Crippen LogP contribution in [0.15, 0.2) is 0 Å². The fraction of sp³-hybridized carbons (Fsp3) is 1.00. The molecule has 0 aromatic heterocycles. The molecule has 14 heavy (non-hydrogen) atoms. The van der Waals surface area contributed by atoms with Crippen molar-refractivity contribution in [3.8, 4) is 0 Å². The lowest BCUT2D eigenvalue weighted by molar-refractivity contribution is 0.195. The molecule has 2 atom stereocenters. The Labute approximate surface area is 88.8 Å². The topological polar surface area (TPSA) is 29.3 Å². The Hall–Kier alpha value is -0.0800. The normalized spacial score (nSPS) is 25.9. The van der Waals surface area contributed by atoms with Crippen molar-refractivity contribution in [3.63, 3.8) is 0 Å². The summed E-state index contributed by atoms with van der Waals surface area (Å²) < 4.78 is 0. The molecule has 0 amide bonds. The molecule has 0 aromatic rings. The highest BCUT2D eigenvalue weighted by molar-refractivity contribution is 4.81. The Kier molecular flexibility index (Phi) is 4.90. The largest absolute Gasteiger partial charge is 0.330 e. The van der Waals surface area contributed by atoms with Gasteiger partial charge in [0.2, 0.25) is 0 Å². The maximum Gasteiger partial charge on any atom is 0.0119 e. The van der Waals surface area contributed by atoms with E-state index in [0.717, 1.165) is 18.5 Å². The van der Waals surface area contributed by atoms with E-state index in [1.165, 1.54) is 32.4 Å². The van der Waals surface area contributed by atoms with Gasteiger partial charge in [0.25, 0.3) is 0 Å². The van der Waals surface area contributed by atoms with Gasteiger partial charge in [-0.3, -0.25) is 0 Å². The summed E-state index contributed by atoms with van der Waals surface area (Å²) in [6, 6.07) is 0.833. The third kappa shape index (κ3) is 3.25. The van der Waals surface area contributed by atoms with Crippen molar-refractivity contribution in [2.75, 3.05) is 19.6 Å².